The quantitative estimate of drug-likeness (QED) is 0.672. The van der Waals surface area contributed by atoms with Crippen LogP contribution in [0.3, 0.4) is 0 Å². The number of ether oxygens (including phenoxy) is 1. The molecule has 0 atom stereocenters. The Labute approximate surface area is 187 Å². The summed E-state index contributed by atoms with van der Waals surface area (Å²) in [6.07, 6.45) is 1.08. The van der Waals surface area contributed by atoms with Gasteiger partial charge < -0.3 is 20.1 Å². The summed E-state index contributed by atoms with van der Waals surface area (Å²) in [4.78, 5) is 44.1. The highest BCUT2D eigenvalue weighted by Crippen LogP contribution is 2.17. The minimum Gasteiger partial charge on any atom is -0.450 e. The molecule has 2 heterocycles. The summed E-state index contributed by atoms with van der Waals surface area (Å²) in [5, 5.41) is 12.3. The van der Waals surface area contributed by atoms with Gasteiger partial charge in [0.2, 0.25) is 5.91 Å². The average Bonchev–Trinajstić information content (AvgIpc) is 2.79. The highest BCUT2D eigenvalue weighted by atomic mass is 16.6. The molecule has 9 heteroatoms. The average molecular weight is 443 g/mol. The van der Waals surface area contributed by atoms with Crippen LogP contribution >= 0.6 is 0 Å². The van der Waals surface area contributed by atoms with E-state index in [1.807, 2.05) is 30.3 Å². The van der Waals surface area contributed by atoms with Gasteiger partial charge in [0, 0.05) is 49.0 Å². The summed E-state index contributed by atoms with van der Waals surface area (Å²) < 4.78 is 6.39. The topological polar surface area (TPSA) is 114 Å². The van der Waals surface area contributed by atoms with Gasteiger partial charge in [-0.05, 0) is 26.7 Å². The third-order valence-corrected chi connectivity index (χ3v) is 5.55. The molecule has 0 unspecified atom stereocenters. The molecule has 0 saturated carbocycles. The van der Waals surface area contributed by atoms with E-state index in [2.05, 4.69) is 10.3 Å². The van der Waals surface area contributed by atoms with Crippen LogP contribution in [0.15, 0.2) is 35.1 Å². The zero-order valence-electron chi connectivity index (χ0n) is 18.5. The first-order valence-electron chi connectivity index (χ1n) is 10.9. The van der Waals surface area contributed by atoms with E-state index >= 15 is 0 Å². The Morgan fingerprint density at radius 3 is 2.53 bits per heavy atom. The van der Waals surface area contributed by atoms with Crippen molar-refractivity contribution in [3.8, 4) is 11.4 Å². The minimum atomic E-state index is -0.335. The van der Waals surface area contributed by atoms with Crippen LogP contribution in [0.25, 0.3) is 11.4 Å². The normalized spacial score (nSPS) is 14.3. The molecular formula is C23H30N4O5. The zero-order chi connectivity index (χ0) is 23.1. The summed E-state index contributed by atoms with van der Waals surface area (Å²) >= 11 is 0. The van der Waals surface area contributed by atoms with Crippen LogP contribution in [0, 0.1) is 6.92 Å². The Morgan fingerprint density at radius 2 is 1.91 bits per heavy atom. The van der Waals surface area contributed by atoms with E-state index in [1.165, 1.54) is 4.57 Å². The summed E-state index contributed by atoms with van der Waals surface area (Å²) in [7, 11) is 0. The van der Waals surface area contributed by atoms with Gasteiger partial charge in [-0.15, -0.1) is 0 Å². The van der Waals surface area contributed by atoms with Gasteiger partial charge in [0.15, 0.2) is 0 Å². The van der Waals surface area contributed by atoms with Crippen LogP contribution in [0.5, 0.6) is 0 Å². The largest absolute Gasteiger partial charge is 0.450 e. The second kappa shape index (κ2) is 10.9. The van der Waals surface area contributed by atoms with Crippen molar-refractivity contribution in [2.75, 3.05) is 26.3 Å². The number of hydrogen-bond acceptors (Lipinski definition) is 6. The van der Waals surface area contributed by atoms with Crippen LogP contribution in [0.4, 0.5) is 4.79 Å². The standard InChI is InChI=1S/C23H30N4O5/c1-3-32-23(31)26-12-9-18(10-13-26)25-20(29)15-27-21(17-7-5-4-6-8-17)24-16(2)19(11-14-28)22(27)30/h4-8,18,28H,3,9-15H2,1-2H3,(H,25,29). The van der Waals surface area contributed by atoms with Crippen LogP contribution in [0.2, 0.25) is 0 Å². The molecule has 2 N–H and O–H groups in total. The van der Waals surface area contributed by atoms with Crippen molar-refractivity contribution in [1.82, 2.24) is 19.8 Å². The smallest absolute Gasteiger partial charge is 0.409 e. The summed E-state index contributed by atoms with van der Waals surface area (Å²) in [6, 6.07) is 9.16. The molecule has 1 aliphatic heterocycles. The molecule has 0 spiro atoms. The van der Waals surface area contributed by atoms with Crippen molar-refractivity contribution in [2.45, 2.75) is 45.7 Å². The van der Waals surface area contributed by atoms with Gasteiger partial charge in [-0.3, -0.25) is 14.2 Å². The van der Waals surface area contributed by atoms with E-state index in [9.17, 15) is 19.5 Å². The number of hydrogen-bond donors (Lipinski definition) is 2. The number of aryl methyl sites for hydroxylation is 1. The molecule has 32 heavy (non-hydrogen) atoms. The molecule has 1 aromatic carbocycles. The third-order valence-electron chi connectivity index (χ3n) is 5.55. The molecule has 1 aliphatic rings. The molecular weight excluding hydrogens is 412 g/mol. The molecule has 172 valence electrons. The molecule has 9 nitrogen and oxygen atoms in total. The van der Waals surface area contributed by atoms with Gasteiger partial charge in [0.25, 0.3) is 5.56 Å². The Kier molecular flexibility index (Phi) is 7.99. The van der Waals surface area contributed by atoms with Crippen LogP contribution in [-0.4, -0.2) is 63.9 Å². The first kappa shape index (κ1) is 23.5. The van der Waals surface area contributed by atoms with Crippen LogP contribution in [-0.2, 0) is 22.5 Å². The first-order valence-corrected chi connectivity index (χ1v) is 10.9. The number of aliphatic hydroxyl groups is 1. The van der Waals surface area contributed by atoms with E-state index < -0.39 is 0 Å². The molecule has 0 aliphatic carbocycles. The lowest BCUT2D eigenvalue weighted by atomic mass is 10.1. The van der Waals surface area contributed by atoms with Crippen LogP contribution in [0.1, 0.15) is 31.0 Å². The SMILES string of the molecule is CCOC(=O)N1CCC(NC(=O)Cn2c(-c3ccccc3)nc(C)c(CCO)c2=O)CC1. The van der Waals surface area contributed by atoms with Crippen molar-refractivity contribution >= 4 is 12.0 Å². The predicted octanol–water partition coefficient (Wildman–Crippen LogP) is 1.49. The third kappa shape index (κ3) is 5.53. The lowest BCUT2D eigenvalue weighted by Crippen LogP contribution is -2.48. The lowest BCUT2D eigenvalue weighted by Gasteiger charge is -2.31. The molecule has 0 radical (unpaired) electrons. The number of amides is 2. The summed E-state index contributed by atoms with van der Waals surface area (Å²) in [5.74, 6) is 0.126. The molecule has 1 fully saturated rings. The lowest BCUT2D eigenvalue weighted by molar-refractivity contribution is -0.122. The van der Waals surface area contributed by atoms with Gasteiger partial charge in [-0.25, -0.2) is 9.78 Å². The Bertz CT molecular complexity index is 997. The second-order valence-electron chi connectivity index (χ2n) is 7.76. The Hall–Kier alpha value is -3.20. The van der Waals surface area contributed by atoms with E-state index in [-0.39, 0.29) is 43.2 Å². The van der Waals surface area contributed by atoms with E-state index in [0.717, 1.165) is 5.56 Å². The number of nitrogens with zero attached hydrogens (tertiary/aromatic N) is 3. The van der Waals surface area contributed by atoms with Gasteiger partial charge in [0.05, 0.1) is 6.61 Å². The van der Waals surface area contributed by atoms with Crippen molar-refractivity contribution in [1.29, 1.82) is 0 Å². The maximum absolute atomic E-state index is 13.2. The zero-order valence-corrected chi connectivity index (χ0v) is 18.5. The predicted molar refractivity (Wildman–Crippen MR) is 119 cm³/mol. The van der Waals surface area contributed by atoms with Gasteiger partial charge in [-0.1, -0.05) is 30.3 Å². The summed E-state index contributed by atoms with van der Waals surface area (Å²) in [6.45, 7) is 4.50. The summed E-state index contributed by atoms with van der Waals surface area (Å²) in [5.41, 5.74) is 1.37. The number of likely N-dealkylation sites (tertiary alicyclic amines) is 1. The maximum atomic E-state index is 13.2. The molecule has 1 aromatic heterocycles. The fraction of sp³-hybridized carbons (Fsp3) is 0.478. The highest BCUT2D eigenvalue weighted by molar-refractivity contribution is 5.77. The number of benzene rings is 1. The van der Waals surface area contributed by atoms with Crippen molar-refractivity contribution in [3.63, 3.8) is 0 Å². The molecule has 0 bridgehead atoms. The number of nitrogens with one attached hydrogen (secondary N) is 1. The highest BCUT2D eigenvalue weighted by Gasteiger charge is 2.25. The molecule has 2 aromatic rings. The van der Waals surface area contributed by atoms with Crippen molar-refractivity contribution < 1.29 is 19.4 Å². The van der Waals surface area contributed by atoms with E-state index in [1.54, 1.807) is 18.7 Å². The first-order chi connectivity index (χ1) is 15.4. The van der Waals surface area contributed by atoms with Crippen LogP contribution < -0.4 is 10.9 Å². The Balaban J connectivity index is 1.76. The molecule has 2 amide bonds. The Morgan fingerprint density at radius 1 is 1.22 bits per heavy atom. The van der Waals surface area contributed by atoms with Gasteiger partial charge >= 0.3 is 6.09 Å². The van der Waals surface area contributed by atoms with E-state index in [4.69, 9.17) is 4.74 Å². The molecule has 3 rings (SSSR count). The number of rotatable bonds is 7. The number of carbonyl (C=O) groups is 2. The van der Waals surface area contributed by atoms with Gasteiger partial charge in [-0.2, -0.15) is 0 Å². The monoisotopic (exact) mass is 442 g/mol. The number of carbonyl (C=O) groups excluding carboxylic acids is 2. The van der Waals surface area contributed by atoms with Gasteiger partial charge in [0.1, 0.15) is 12.4 Å². The number of piperidine rings is 1. The fourth-order valence-corrected chi connectivity index (χ4v) is 3.89. The molecule has 1 saturated heterocycles. The number of aliphatic hydroxyl groups excluding tert-OH is 1. The number of aromatic nitrogens is 2. The maximum Gasteiger partial charge on any atom is 0.409 e. The second-order valence-corrected chi connectivity index (χ2v) is 7.76. The fourth-order valence-electron chi connectivity index (χ4n) is 3.89. The van der Waals surface area contributed by atoms with Crippen molar-refractivity contribution in [2.24, 2.45) is 0 Å². The van der Waals surface area contributed by atoms with Crippen molar-refractivity contribution in [3.05, 3.63) is 51.9 Å². The van der Waals surface area contributed by atoms with E-state index in [0.29, 0.717) is 49.6 Å². The minimum absolute atomic E-state index is 0.0839.